The van der Waals surface area contributed by atoms with Crippen molar-refractivity contribution < 1.29 is 4.39 Å². The summed E-state index contributed by atoms with van der Waals surface area (Å²) in [4.78, 5) is 1.96. The molecule has 0 fully saturated rings. The number of nitrogens with two attached hydrogens (primary N) is 1. The molecule has 0 bridgehead atoms. The first-order chi connectivity index (χ1) is 9.58. The highest BCUT2D eigenvalue weighted by molar-refractivity contribution is 5.95. The van der Waals surface area contributed by atoms with Crippen LogP contribution in [0.15, 0.2) is 48.7 Å². The smallest absolute Gasteiger partial charge is 0.148 e. The van der Waals surface area contributed by atoms with E-state index in [4.69, 9.17) is 5.73 Å². The summed E-state index contributed by atoms with van der Waals surface area (Å²) in [6.45, 7) is 0. The minimum Gasteiger partial charge on any atom is -0.396 e. The van der Waals surface area contributed by atoms with Crippen LogP contribution in [0.1, 0.15) is 0 Å². The van der Waals surface area contributed by atoms with E-state index in [1.807, 2.05) is 43.4 Å². The zero-order valence-corrected chi connectivity index (χ0v) is 11.5. The maximum Gasteiger partial charge on any atom is 0.148 e. The lowest BCUT2D eigenvalue weighted by Crippen LogP contribution is -2.09. The van der Waals surface area contributed by atoms with Crippen LogP contribution in [0.3, 0.4) is 0 Å². The topological polar surface area (TPSA) is 34.2 Å². The quantitative estimate of drug-likeness (QED) is 0.720. The molecule has 0 radical (unpaired) electrons. The molecular weight excluding hydrogens is 253 g/mol. The Morgan fingerprint density at radius 2 is 1.90 bits per heavy atom. The zero-order valence-electron chi connectivity index (χ0n) is 11.5. The molecule has 1 aromatic heterocycles. The number of nitrogen functional groups attached to an aromatic ring is 1. The standard InChI is InChI=1S/C16H16FN3/c1-19-10-16(12-5-3-4-6-15(12)19)20(2)11-7-8-14(18)13(17)9-11/h3-10H,18H2,1-2H3. The van der Waals surface area contributed by atoms with Crippen LogP contribution in [0.5, 0.6) is 0 Å². The molecule has 3 rings (SSSR count). The number of aryl methyl sites for hydroxylation is 1. The highest BCUT2D eigenvalue weighted by atomic mass is 19.1. The summed E-state index contributed by atoms with van der Waals surface area (Å²) in [7, 11) is 3.93. The van der Waals surface area contributed by atoms with Crippen LogP contribution >= 0.6 is 0 Å². The monoisotopic (exact) mass is 269 g/mol. The number of anilines is 3. The molecule has 3 nitrogen and oxygen atoms in total. The van der Waals surface area contributed by atoms with Crippen molar-refractivity contribution in [2.24, 2.45) is 7.05 Å². The molecule has 0 unspecified atom stereocenters. The third kappa shape index (κ3) is 1.90. The molecule has 1 heterocycles. The molecule has 3 aromatic rings. The van der Waals surface area contributed by atoms with Gasteiger partial charge in [-0.2, -0.15) is 0 Å². The zero-order chi connectivity index (χ0) is 14.3. The molecule has 0 aliphatic carbocycles. The van der Waals surface area contributed by atoms with Crippen LogP contribution in [0.25, 0.3) is 10.9 Å². The van der Waals surface area contributed by atoms with Crippen molar-refractivity contribution in [1.29, 1.82) is 0 Å². The van der Waals surface area contributed by atoms with Crippen LogP contribution < -0.4 is 10.6 Å². The fraction of sp³-hybridized carbons (Fsp3) is 0.125. The first-order valence-electron chi connectivity index (χ1n) is 6.41. The first-order valence-corrected chi connectivity index (χ1v) is 6.41. The van der Waals surface area contributed by atoms with E-state index in [1.54, 1.807) is 6.07 Å². The van der Waals surface area contributed by atoms with Crippen LogP contribution in [0.4, 0.5) is 21.5 Å². The highest BCUT2D eigenvalue weighted by Gasteiger charge is 2.12. The molecule has 0 saturated heterocycles. The van der Waals surface area contributed by atoms with Gasteiger partial charge in [0.25, 0.3) is 0 Å². The van der Waals surface area contributed by atoms with Crippen molar-refractivity contribution in [3.05, 3.63) is 54.5 Å². The van der Waals surface area contributed by atoms with E-state index >= 15 is 0 Å². The summed E-state index contributed by atoms with van der Waals surface area (Å²) < 4.78 is 15.7. The third-order valence-electron chi connectivity index (χ3n) is 3.61. The van der Waals surface area contributed by atoms with Gasteiger partial charge in [0, 0.05) is 36.9 Å². The number of aromatic nitrogens is 1. The van der Waals surface area contributed by atoms with Gasteiger partial charge in [0.05, 0.1) is 11.4 Å². The Balaban J connectivity index is 2.12. The van der Waals surface area contributed by atoms with Gasteiger partial charge in [-0.25, -0.2) is 4.39 Å². The summed E-state index contributed by atoms with van der Waals surface area (Å²) in [6, 6.07) is 13.0. The van der Waals surface area contributed by atoms with E-state index < -0.39 is 5.82 Å². The van der Waals surface area contributed by atoms with E-state index in [9.17, 15) is 4.39 Å². The maximum absolute atomic E-state index is 13.6. The SMILES string of the molecule is CN(c1ccc(N)c(F)c1)c1cn(C)c2ccccc12. The average molecular weight is 269 g/mol. The number of benzene rings is 2. The summed E-state index contributed by atoms with van der Waals surface area (Å²) >= 11 is 0. The second-order valence-electron chi connectivity index (χ2n) is 4.91. The van der Waals surface area contributed by atoms with Crippen molar-refractivity contribution in [2.45, 2.75) is 0 Å². The molecular formula is C16H16FN3. The van der Waals surface area contributed by atoms with Gasteiger partial charge >= 0.3 is 0 Å². The Kier molecular flexibility index (Phi) is 2.86. The second-order valence-corrected chi connectivity index (χ2v) is 4.91. The Morgan fingerprint density at radius 3 is 2.65 bits per heavy atom. The molecule has 20 heavy (non-hydrogen) atoms. The normalized spacial score (nSPS) is 10.9. The second kappa shape index (κ2) is 4.56. The molecule has 102 valence electrons. The summed E-state index contributed by atoms with van der Waals surface area (Å²) in [5, 5.41) is 1.13. The minimum absolute atomic E-state index is 0.167. The van der Waals surface area contributed by atoms with Gasteiger partial charge in [-0.1, -0.05) is 18.2 Å². The number of para-hydroxylation sites is 1. The maximum atomic E-state index is 13.6. The van der Waals surface area contributed by atoms with Gasteiger partial charge in [-0.05, 0) is 24.3 Å². The molecule has 2 N–H and O–H groups in total. The molecule has 0 aliphatic heterocycles. The van der Waals surface area contributed by atoms with E-state index in [1.165, 1.54) is 6.07 Å². The molecule has 4 heteroatoms. The van der Waals surface area contributed by atoms with Crippen molar-refractivity contribution in [3.8, 4) is 0 Å². The van der Waals surface area contributed by atoms with Gasteiger partial charge in [0.15, 0.2) is 0 Å². The Bertz CT molecular complexity index is 776. The van der Waals surface area contributed by atoms with Crippen LogP contribution in [0, 0.1) is 5.82 Å². The third-order valence-corrected chi connectivity index (χ3v) is 3.61. The summed E-state index contributed by atoms with van der Waals surface area (Å²) in [5.41, 5.74) is 8.64. The molecule has 0 atom stereocenters. The number of halogens is 1. The van der Waals surface area contributed by atoms with Crippen molar-refractivity contribution >= 4 is 28.0 Å². The number of hydrogen-bond donors (Lipinski definition) is 1. The van der Waals surface area contributed by atoms with Gasteiger partial charge in [0.1, 0.15) is 5.82 Å². The lowest BCUT2D eigenvalue weighted by molar-refractivity contribution is 0.632. The number of rotatable bonds is 2. The van der Waals surface area contributed by atoms with Gasteiger partial charge in [-0.15, -0.1) is 0 Å². The Labute approximate surface area is 117 Å². The van der Waals surface area contributed by atoms with E-state index in [0.29, 0.717) is 0 Å². The Morgan fingerprint density at radius 1 is 1.15 bits per heavy atom. The average Bonchev–Trinajstić information content (AvgIpc) is 2.79. The molecule has 0 aliphatic rings. The van der Waals surface area contributed by atoms with Gasteiger partial charge < -0.3 is 15.2 Å². The minimum atomic E-state index is -0.394. The lowest BCUT2D eigenvalue weighted by atomic mass is 10.2. The lowest BCUT2D eigenvalue weighted by Gasteiger charge is -2.19. The number of hydrogen-bond acceptors (Lipinski definition) is 2. The van der Waals surface area contributed by atoms with Gasteiger partial charge in [0.2, 0.25) is 0 Å². The fourth-order valence-corrected chi connectivity index (χ4v) is 2.45. The van der Waals surface area contributed by atoms with E-state index in [-0.39, 0.29) is 5.69 Å². The number of fused-ring (bicyclic) bond motifs is 1. The van der Waals surface area contributed by atoms with E-state index in [2.05, 4.69) is 16.7 Å². The van der Waals surface area contributed by atoms with Crippen molar-refractivity contribution in [3.63, 3.8) is 0 Å². The predicted molar refractivity (Wildman–Crippen MR) is 81.8 cm³/mol. The predicted octanol–water partition coefficient (Wildman–Crippen LogP) is 3.67. The largest absolute Gasteiger partial charge is 0.396 e. The van der Waals surface area contributed by atoms with Gasteiger partial charge in [-0.3, -0.25) is 0 Å². The molecule has 2 aromatic carbocycles. The number of nitrogens with zero attached hydrogens (tertiary/aromatic N) is 2. The van der Waals surface area contributed by atoms with Crippen LogP contribution in [-0.2, 0) is 7.05 Å². The molecule has 0 saturated carbocycles. The van der Waals surface area contributed by atoms with Crippen molar-refractivity contribution in [1.82, 2.24) is 4.57 Å². The fourth-order valence-electron chi connectivity index (χ4n) is 2.45. The van der Waals surface area contributed by atoms with E-state index in [0.717, 1.165) is 22.3 Å². The van der Waals surface area contributed by atoms with Crippen LogP contribution in [-0.4, -0.2) is 11.6 Å². The first kappa shape index (κ1) is 12.5. The Hall–Kier alpha value is -2.49. The van der Waals surface area contributed by atoms with Crippen molar-refractivity contribution in [2.75, 3.05) is 17.7 Å². The summed E-state index contributed by atoms with van der Waals surface area (Å²) in [5.74, 6) is -0.394. The summed E-state index contributed by atoms with van der Waals surface area (Å²) in [6.07, 6.45) is 2.04. The molecule has 0 amide bonds. The molecule has 0 spiro atoms. The van der Waals surface area contributed by atoms with Crippen LogP contribution in [0.2, 0.25) is 0 Å². The highest BCUT2D eigenvalue weighted by Crippen LogP contribution is 2.33.